The third-order valence-corrected chi connectivity index (χ3v) is 2.27. The maximum absolute atomic E-state index is 12.6. The molecule has 1 nitrogen and oxygen atoms in total. The van der Waals surface area contributed by atoms with Crippen molar-refractivity contribution >= 4 is 12.4 Å². The van der Waals surface area contributed by atoms with Crippen LogP contribution in [0.1, 0.15) is 36.9 Å². The van der Waals surface area contributed by atoms with Crippen molar-refractivity contribution in [3.8, 4) is 0 Å². The van der Waals surface area contributed by atoms with E-state index in [1.165, 1.54) is 12.1 Å². The van der Waals surface area contributed by atoms with Gasteiger partial charge >= 0.3 is 6.18 Å². The summed E-state index contributed by atoms with van der Waals surface area (Å²) in [6, 6.07) is 4.95. The van der Waals surface area contributed by atoms with Crippen molar-refractivity contribution in [3.05, 3.63) is 35.4 Å². The Balaban J connectivity index is 0.00000225. The zero-order chi connectivity index (χ0) is 11.5. The van der Waals surface area contributed by atoms with Crippen LogP contribution in [0.5, 0.6) is 0 Å². The van der Waals surface area contributed by atoms with E-state index in [2.05, 4.69) is 0 Å². The fourth-order valence-corrected chi connectivity index (χ4v) is 1.55. The molecule has 0 amide bonds. The average Bonchev–Trinajstić information content (AvgIpc) is 2.17. The van der Waals surface area contributed by atoms with Gasteiger partial charge < -0.3 is 5.73 Å². The van der Waals surface area contributed by atoms with Crippen molar-refractivity contribution in [2.45, 2.75) is 32.0 Å². The van der Waals surface area contributed by atoms with Gasteiger partial charge in [0.05, 0.1) is 5.56 Å². The molecule has 0 saturated carbocycles. The van der Waals surface area contributed by atoms with Crippen LogP contribution in [-0.2, 0) is 6.18 Å². The third kappa shape index (κ3) is 3.68. The van der Waals surface area contributed by atoms with Gasteiger partial charge in [-0.25, -0.2) is 0 Å². The van der Waals surface area contributed by atoms with E-state index in [4.69, 9.17) is 5.73 Å². The predicted molar refractivity (Wildman–Crippen MR) is 60.5 cm³/mol. The molecule has 0 heterocycles. The lowest BCUT2D eigenvalue weighted by Crippen LogP contribution is -2.17. The van der Waals surface area contributed by atoms with Crippen LogP contribution in [0.4, 0.5) is 13.2 Å². The first-order valence-electron chi connectivity index (χ1n) is 4.88. The summed E-state index contributed by atoms with van der Waals surface area (Å²) in [5, 5.41) is 0. The zero-order valence-electron chi connectivity index (χ0n) is 8.92. The van der Waals surface area contributed by atoms with Crippen molar-refractivity contribution in [2.24, 2.45) is 5.73 Å². The number of alkyl halides is 3. The van der Waals surface area contributed by atoms with Crippen LogP contribution in [0, 0.1) is 0 Å². The summed E-state index contributed by atoms with van der Waals surface area (Å²) in [5.74, 6) is 0. The van der Waals surface area contributed by atoms with Crippen LogP contribution in [0.2, 0.25) is 0 Å². The van der Waals surface area contributed by atoms with E-state index in [0.717, 1.165) is 12.5 Å². The maximum Gasteiger partial charge on any atom is 0.416 e. The minimum absolute atomic E-state index is 0. The van der Waals surface area contributed by atoms with Crippen LogP contribution >= 0.6 is 12.4 Å². The average molecular weight is 254 g/mol. The molecule has 0 aliphatic carbocycles. The van der Waals surface area contributed by atoms with Crippen LogP contribution < -0.4 is 5.73 Å². The Hall–Kier alpha value is -0.740. The molecule has 0 aromatic heterocycles. The van der Waals surface area contributed by atoms with E-state index in [-0.39, 0.29) is 18.0 Å². The monoisotopic (exact) mass is 253 g/mol. The molecule has 0 radical (unpaired) electrons. The van der Waals surface area contributed by atoms with Gasteiger partial charge in [-0.1, -0.05) is 31.5 Å². The highest BCUT2D eigenvalue weighted by atomic mass is 35.5. The van der Waals surface area contributed by atoms with Crippen molar-refractivity contribution in [1.82, 2.24) is 0 Å². The molecule has 1 aromatic carbocycles. The topological polar surface area (TPSA) is 26.0 Å². The summed E-state index contributed by atoms with van der Waals surface area (Å²) in [6.45, 7) is 1.90. The zero-order valence-corrected chi connectivity index (χ0v) is 9.74. The standard InChI is InChI=1S/C11H14F3N.ClH/c1-2-5-10(15)8-6-3-4-7-9(8)11(12,13)14;/h3-4,6-7,10H,2,5,15H2,1H3;1H/t10-;/m1./s1. The van der Waals surface area contributed by atoms with Gasteiger partial charge in [-0.2, -0.15) is 13.2 Å². The van der Waals surface area contributed by atoms with Crippen LogP contribution in [0.25, 0.3) is 0 Å². The Bertz CT molecular complexity index is 325. The molecule has 0 aliphatic heterocycles. The maximum atomic E-state index is 12.6. The van der Waals surface area contributed by atoms with Gasteiger partial charge in [0.2, 0.25) is 0 Å². The highest BCUT2D eigenvalue weighted by Crippen LogP contribution is 2.34. The summed E-state index contributed by atoms with van der Waals surface area (Å²) in [5.41, 5.74) is 5.27. The molecule has 0 fully saturated rings. The molecule has 1 aromatic rings. The molecule has 5 heteroatoms. The van der Waals surface area contributed by atoms with E-state index >= 15 is 0 Å². The fourth-order valence-electron chi connectivity index (χ4n) is 1.55. The molecule has 0 spiro atoms. The van der Waals surface area contributed by atoms with Gasteiger partial charge in [0, 0.05) is 6.04 Å². The highest BCUT2D eigenvalue weighted by molar-refractivity contribution is 5.85. The summed E-state index contributed by atoms with van der Waals surface area (Å²) < 4.78 is 37.8. The van der Waals surface area contributed by atoms with E-state index in [0.29, 0.717) is 6.42 Å². The van der Waals surface area contributed by atoms with Gasteiger partial charge in [-0.3, -0.25) is 0 Å². The van der Waals surface area contributed by atoms with E-state index in [1.54, 1.807) is 6.07 Å². The molecule has 1 atom stereocenters. The predicted octanol–water partition coefficient (Wildman–Crippen LogP) is 3.93. The summed E-state index contributed by atoms with van der Waals surface area (Å²) in [7, 11) is 0. The number of hydrogen-bond donors (Lipinski definition) is 1. The molecule has 16 heavy (non-hydrogen) atoms. The molecule has 0 aliphatic rings. The third-order valence-electron chi connectivity index (χ3n) is 2.27. The largest absolute Gasteiger partial charge is 0.416 e. The Kier molecular flexibility index (Phi) is 5.83. The first-order valence-corrected chi connectivity index (χ1v) is 4.88. The lowest BCUT2D eigenvalue weighted by atomic mass is 9.97. The molecule has 0 bridgehead atoms. The number of nitrogens with two attached hydrogens (primary N) is 1. The van der Waals surface area contributed by atoms with Crippen LogP contribution in [0.3, 0.4) is 0 Å². The summed E-state index contributed by atoms with van der Waals surface area (Å²) >= 11 is 0. The SMILES string of the molecule is CCC[C@@H](N)c1ccccc1C(F)(F)F.Cl. The quantitative estimate of drug-likeness (QED) is 0.868. The van der Waals surface area contributed by atoms with Gasteiger partial charge in [-0.15, -0.1) is 12.4 Å². The fraction of sp³-hybridized carbons (Fsp3) is 0.455. The van der Waals surface area contributed by atoms with Crippen molar-refractivity contribution in [1.29, 1.82) is 0 Å². The Morgan fingerprint density at radius 3 is 2.31 bits per heavy atom. The first-order chi connectivity index (χ1) is 6.96. The second-order valence-corrected chi connectivity index (χ2v) is 3.48. The first kappa shape index (κ1) is 15.3. The number of hydrogen-bond acceptors (Lipinski definition) is 1. The second-order valence-electron chi connectivity index (χ2n) is 3.48. The van der Waals surface area contributed by atoms with Crippen molar-refractivity contribution in [3.63, 3.8) is 0 Å². The second kappa shape index (κ2) is 6.11. The van der Waals surface area contributed by atoms with E-state index in [9.17, 15) is 13.2 Å². The van der Waals surface area contributed by atoms with Crippen LogP contribution in [-0.4, -0.2) is 0 Å². The lowest BCUT2D eigenvalue weighted by molar-refractivity contribution is -0.138. The van der Waals surface area contributed by atoms with Gasteiger partial charge in [-0.05, 0) is 18.1 Å². The smallest absolute Gasteiger partial charge is 0.324 e. The van der Waals surface area contributed by atoms with Gasteiger partial charge in [0.1, 0.15) is 0 Å². The normalized spacial score (nSPS) is 13.1. The highest BCUT2D eigenvalue weighted by Gasteiger charge is 2.33. The summed E-state index contributed by atoms with van der Waals surface area (Å²) in [4.78, 5) is 0. The minimum Gasteiger partial charge on any atom is -0.324 e. The van der Waals surface area contributed by atoms with Crippen molar-refractivity contribution in [2.75, 3.05) is 0 Å². The molecule has 92 valence electrons. The number of rotatable bonds is 3. The van der Waals surface area contributed by atoms with E-state index in [1.807, 2.05) is 6.92 Å². The van der Waals surface area contributed by atoms with Crippen molar-refractivity contribution < 1.29 is 13.2 Å². The van der Waals surface area contributed by atoms with Gasteiger partial charge in [0.15, 0.2) is 0 Å². The molecule has 0 saturated heterocycles. The Morgan fingerprint density at radius 1 is 1.25 bits per heavy atom. The summed E-state index contributed by atoms with van der Waals surface area (Å²) in [6.07, 6.45) is -2.98. The minimum atomic E-state index is -4.32. The molecular formula is C11H15ClF3N. The number of halogens is 4. The molecule has 0 unspecified atom stereocenters. The lowest BCUT2D eigenvalue weighted by Gasteiger charge is -2.17. The Labute approximate surface area is 99.2 Å². The molecule has 1 rings (SSSR count). The molecule has 2 N–H and O–H groups in total. The van der Waals surface area contributed by atoms with E-state index < -0.39 is 17.8 Å². The van der Waals surface area contributed by atoms with Gasteiger partial charge in [0.25, 0.3) is 0 Å². The Morgan fingerprint density at radius 2 is 1.81 bits per heavy atom. The number of benzene rings is 1. The molecular weight excluding hydrogens is 239 g/mol. The van der Waals surface area contributed by atoms with Crippen LogP contribution in [0.15, 0.2) is 24.3 Å².